The summed E-state index contributed by atoms with van der Waals surface area (Å²) in [5.74, 6) is 0.666. The summed E-state index contributed by atoms with van der Waals surface area (Å²) in [6.07, 6.45) is 3.77. The van der Waals surface area contributed by atoms with Gasteiger partial charge in [0.15, 0.2) is 0 Å². The molecule has 1 aliphatic rings. The van der Waals surface area contributed by atoms with Crippen LogP contribution in [0.5, 0.6) is 11.5 Å². The molecule has 1 aliphatic heterocycles. The van der Waals surface area contributed by atoms with Crippen molar-refractivity contribution in [1.29, 1.82) is 0 Å². The van der Waals surface area contributed by atoms with Crippen LogP contribution in [0.25, 0.3) is 0 Å². The van der Waals surface area contributed by atoms with Crippen molar-refractivity contribution in [3.8, 4) is 11.5 Å². The molecule has 0 bridgehead atoms. The zero-order chi connectivity index (χ0) is 22.3. The third kappa shape index (κ3) is 5.77. The standard InChI is InChI=1S/C23H30N2O5S/c1-3-30-19-10-8-9-18(15-19)17-24-23(26)21-16-20(11-12-22(21)29-2)31(27,28)25-13-6-4-5-7-14-25/h8-12,15-16H,3-7,13-14,17H2,1-2H3,(H,24,26). The van der Waals surface area contributed by atoms with Crippen LogP contribution in [0.15, 0.2) is 47.4 Å². The van der Waals surface area contributed by atoms with Gasteiger partial charge in [-0.15, -0.1) is 0 Å². The first-order valence-corrected chi connectivity index (χ1v) is 12.1. The number of sulfonamides is 1. The maximum atomic E-state index is 13.1. The Morgan fingerprint density at radius 1 is 1.06 bits per heavy atom. The van der Waals surface area contributed by atoms with E-state index < -0.39 is 15.9 Å². The number of amides is 1. The van der Waals surface area contributed by atoms with Gasteiger partial charge in [0.05, 0.1) is 24.2 Å². The van der Waals surface area contributed by atoms with Gasteiger partial charge in [0.2, 0.25) is 10.0 Å². The van der Waals surface area contributed by atoms with Crippen molar-refractivity contribution in [1.82, 2.24) is 9.62 Å². The Bertz CT molecular complexity index is 999. The lowest BCUT2D eigenvalue weighted by Gasteiger charge is -2.20. The Hall–Kier alpha value is -2.58. The fourth-order valence-electron chi connectivity index (χ4n) is 3.65. The van der Waals surface area contributed by atoms with E-state index in [-0.39, 0.29) is 17.0 Å². The van der Waals surface area contributed by atoms with Gasteiger partial charge in [0, 0.05) is 19.6 Å². The average molecular weight is 447 g/mol. The maximum absolute atomic E-state index is 13.1. The van der Waals surface area contributed by atoms with Crippen molar-refractivity contribution >= 4 is 15.9 Å². The highest BCUT2D eigenvalue weighted by molar-refractivity contribution is 7.89. The average Bonchev–Trinajstić information content (AvgIpc) is 3.08. The molecule has 1 fully saturated rings. The summed E-state index contributed by atoms with van der Waals surface area (Å²) in [4.78, 5) is 13.0. The summed E-state index contributed by atoms with van der Waals surface area (Å²) >= 11 is 0. The van der Waals surface area contributed by atoms with Crippen LogP contribution < -0.4 is 14.8 Å². The van der Waals surface area contributed by atoms with Crippen molar-refractivity contribution in [2.45, 2.75) is 44.0 Å². The third-order valence-corrected chi connectivity index (χ3v) is 7.18. The molecule has 7 nitrogen and oxygen atoms in total. The highest BCUT2D eigenvalue weighted by atomic mass is 32.2. The Kier molecular flexibility index (Phi) is 7.92. The van der Waals surface area contributed by atoms with Crippen LogP contribution in [0.2, 0.25) is 0 Å². The highest BCUT2D eigenvalue weighted by Gasteiger charge is 2.27. The van der Waals surface area contributed by atoms with E-state index >= 15 is 0 Å². The Balaban J connectivity index is 1.79. The van der Waals surface area contributed by atoms with E-state index in [1.54, 1.807) is 0 Å². The van der Waals surface area contributed by atoms with Crippen LogP contribution in [0, 0.1) is 0 Å². The van der Waals surface area contributed by atoms with Crippen molar-refractivity contribution in [3.63, 3.8) is 0 Å². The number of hydrogen-bond donors (Lipinski definition) is 1. The Labute approximate surface area is 184 Å². The second-order valence-electron chi connectivity index (χ2n) is 7.44. The molecule has 0 saturated carbocycles. The van der Waals surface area contributed by atoms with Gasteiger partial charge in [-0.2, -0.15) is 4.31 Å². The van der Waals surface area contributed by atoms with Gasteiger partial charge in [-0.1, -0.05) is 25.0 Å². The van der Waals surface area contributed by atoms with E-state index in [1.807, 2.05) is 31.2 Å². The van der Waals surface area contributed by atoms with Gasteiger partial charge in [-0.25, -0.2) is 8.42 Å². The Morgan fingerprint density at radius 3 is 2.48 bits per heavy atom. The molecule has 0 spiro atoms. The number of rotatable bonds is 8. The Morgan fingerprint density at radius 2 is 1.81 bits per heavy atom. The van der Waals surface area contributed by atoms with Crippen molar-refractivity contribution < 1.29 is 22.7 Å². The molecule has 8 heteroatoms. The molecule has 0 unspecified atom stereocenters. The predicted octanol–water partition coefficient (Wildman–Crippen LogP) is 3.59. The van der Waals surface area contributed by atoms with Crippen LogP contribution in [0.3, 0.4) is 0 Å². The molecule has 168 valence electrons. The number of methoxy groups -OCH3 is 1. The molecule has 0 aromatic heterocycles. The minimum absolute atomic E-state index is 0.110. The minimum atomic E-state index is -3.66. The smallest absolute Gasteiger partial charge is 0.255 e. The molecule has 2 aromatic carbocycles. The molecule has 0 aliphatic carbocycles. The van der Waals surface area contributed by atoms with E-state index in [9.17, 15) is 13.2 Å². The number of carbonyl (C=O) groups is 1. The lowest BCUT2D eigenvalue weighted by atomic mass is 10.1. The first kappa shape index (κ1) is 23.1. The van der Waals surface area contributed by atoms with Gasteiger partial charge in [-0.05, 0) is 55.7 Å². The van der Waals surface area contributed by atoms with Crippen LogP contribution in [-0.4, -0.2) is 45.4 Å². The first-order valence-electron chi connectivity index (χ1n) is 10.6. The van der Waals surface area contributed by atoms with Crippen LogP contribution in [0.1, 0.15) is 48.5 Å². The highest BCUT2D eigenvalue weighted by Crippen LogP contribution is 2.26. The molecule has 31 heavy (non-hydrogen) atoms. The maximum Gasteiger partial charge on any atom is 0.255 e. The number of nitrogens with one attached hydrogen (secondary N) is 1. The van der Waals surface area contributed by atoms with Crippen molar-refractivity contribution in [3.05, 3.63) is 53.6 Å². The number of benzene rings is 2. The molecule has 2 aromatic rings. The van der Waals surface area contributed by atoms with Crippen molar-refractivity contribution in [2.75, 3.05) is 26.8 Å². The zero-order valence-corrected chi connectivity index (χ0v) is 18.9. The fraction of sp³-hybridized carbons (Fsp3) is 0.435. The van der Waals surface area contributed by atoms with E-state index in [1.165, 1.54) is 29.6 Å². The number of ether oxygens (including phenoxy) is 2. The van der Waals surface area contributed by atoms with E-state index in [0.29, 0.717) is 25.4 Å². The number of carbonyl (C=O) groups excluding carboxylic acids is 1. The number of hydrogen-bond acceptors (Lipinski definition) is 5. The van der Waals surface area contributed by atoms with Crippen LogP contribution in [-0.2, 0) is 16.6 Å². The SMILES string of the molecule is CCOc1cccc(CNC(=O)c2cc(S(=O)(=O)N3CCCCCC3)ccc2OC)c1. The second-order valence-corrected chi connectivity index (χ2v) is 9.38. The molecule has 3 rings (SSSR count). The van der Waals surface area contributed by atoms with Crippen LogP contribution in [0.4, 0.5) is 0 Å². The second kappa shape index (κ2) is 10.6. The van der Waals surface area contributed by atoms with Crippen LogP contribution >= 0.6 is 0 Å². The topological polar surface area (TPSA) is 84.9 Å². The largest absolute Gasteiger partial charge is 0.496 e. The fourth-order valence-corrected chi connectivity index (χ4v) is 5.19. The first-order chi connectivity index (χ1) is 15.0. The summed E-state index contributed by atoms with van der Waals surface area (Å²) in [7, 11) is -2.21. The lowest BCUT2D eigenvalue weighted by molar-refractivity contribution is 0.0947. The molecule has 0 radical (unpaired) electrons. The number of nitrogens with zero attached hydrogens (tertiary/aromatic N) is 1. The lowest BCUT2D eigenvalue weighted by Crippen LogP contribution is -2.32. The van der Waals surface area contributed by atoms with Gasteiger partial charge in [0.25, 0.3) is 5.91 Å². The normalized spacial score (nSPS) is 15.2. The van der Waals surface area contributed by atoms with Gasteiger partial charge >= 0.3 is 0 Å². The minimum Gasteiger partial charge on any atom is -0.496 e. The molecule has 0 atom stereocenters. The predicted molar refractivity (Wildman–Crippen MR) is 119 cm³/mol. The monoisotopic (exact) mass is 446 g/mol. The summed E-state index contributed by atoms with van der Waals surface area (Å²) in [6, 6.07) is 11.9. The van der Waals surface area contributed by atoms with E-state index in [4.69, 9.17) is 9.47 Å². The molecular weight excluding hydrogens is 416 g/mol. The summed E-state index contributed by atoms with van der Waals surface area (Å²) in [6.45, 7) is 3.77. The van der Waals surface area contributed by atoms with Gasteiger partial charge in [-0.3, -0.25) is 4.79 Å². The molecule has 1 heterocycles. The molecule has 1 amide bonds. The third-order valence-electron chi connectivity index (χ3n) is 5.28. The molecule has 1 N–H and O–H groups in total. The van der Waals surface area contributed by atoms with Gasteiger partial charge < -0.3 is 14.8 Å². The van der Waals surface area contributed by atoms with E-state index in [2.05, 4.69) is 5.32 Å². The van der Waals surface area contributed by atoms with E-state index in [0.717, 1.165) is 37.0 Å². The summed E-state index contributed by atoms with van der Waals surface area (Å²) in [5.41, 5.74) is 1.07. The summed E-state index contributed by atoms with van der Waals surface area (Å²) in [5, 5.41) is 2.84. The summed E-state index contributed by atoms with van der Waals surface area (Å²) < 4.78 is 38.6. The zero-order valence-electron chi connectivity index (χ0n) is 18.1. The quantitative estimate of drug-likeness (QED) is 0.670. The van der Waals surface area contributed by atoms with Gasteiger partial charge in [0.1, 0.15) is 11.5 Å². The molecular formula is C23H30N2O5S. The molecule has 1 saturated heterocycles. The van der Waals surface area contributed by atoms with Crippen molar-refractivity contribution in [2.24, 2.45) is 0 Å².